The van der Waals surface area contributed by atoms with Crippen LogP contribution in [0.3, 0.4) is 0 Å². The Morgan fingerprint density at radius 2 is 1.75 bits per heavy atom. The molecule has 0 unspecified atom stereocenters. The van der Waals surface area contributed by atoms with Crippen molar-refractivity contribution in [2.75, 3.05) is 0 Å². The molecular formula is C22H18N4O2. The lowest BCUT2D eigenvalue weighted by Crippen LogP contribution is -2.40. The molecule has 138 valence electrons. The molecule has 28 heavy (non-hydrogen) atoms. The number of nitriles is 1. The zero-order valence-electron chi connectivity index (χ0n) is 15.6. The van der Waals surface area contributed by atoms with Gasteiger partial charge in [0, 0.05) is 11.8 Å². The highest BCUT2D eigenvalue weighted by Crippen LogP contribution is 2.25. The minimum Gasteiger partial charge on any atom is -0.270 e. The Morgan fingerprint density at radius 1 is 1.07 bits per heavy atom. The molecule has 1 aliphatic rings. The molecule has 0 saturated carbocycles. The van der Waals surface area contributed by atoms with E-state index in [9.17, 15) is 9.59 Å². The van der Waals surface area contributed by atoms with Crippen molar-refractivity contribution >= 4 is 11.8 Å². The fraction of sp³-hybridized carbons (Fsp3) is 0.182. The van der Waals surface area contributed by atoms with Gasteiger partial charge in [-0.25, -0.2) is 0 Å². The minimum atomic E-state index is -0.331. The number of aryl methyl sites for hydroxylation is 1. The monoisotopic (exact) mass is 370 g/mol. The predicted molar refractivity (Wildman–Crippen MR) is 104 cm³/mol. The molecule has 2 heterocycles. The average molecular weight is 370 g/mol. The van der Waals surface area contributed by atoms with Gasteiger partial charge in [-0.15, -0.1) is 0 Å². The molecule has 4 rings (SSSR count). The standard InChI is InChI=1S/C22H18N4O2/c1-14-11-16(7-8-17(14)12-23)20-9-10-25(24-20)13-15(2)26-21(27)18-5-3-4-6-19(18)22(26)28/h3-11,15H,13H2,1-2H3/t15-/m1/s1. The first kappa shape index (κ1) is 17.7. The number of fused-ring (bicyclic) bond motifs is 1. The molecule has 0 N–H and O–H groups in total. The predicted octanol–water partition coefficient (Wildman–Crippen LogP) is 3.41. The van der Waals surface area contributed by atoms with Crippen LogP contribution in [-0.4, -0.2) is 32.5 Å². The molecule has 2 amide bonds. The summed E-state index contributed by atoms with van der Waals surface area (Å²) in [6.07, 6.45) is 1.83. The van der Waals surface area contributed by atoms with Gasteiger partial charge in [-0.2, -0.15) is 10.4 Å². The quantitative estimate of drug-likeness (QED) is 0.659. The number of rotatable bonds is 4. The maximum absolute atomic E-state index is 12.6. The number of carbonyl (C=O) groups excluding carboxylic acids is 2. The van der Waals surface area contributed by atoms with Crippen LogP contribution in [0, 0.1) is 18.3 Å². The van der Waals surface area contributed by atoms with Crippen LogP contribution >= 0.6 is 0 Å². The van der Waals surface area contributed by atoms with Crippen LogP contribution in [0.2, 0.25) is 0 Å². The molecule has 6 nitrogen and oxygen atoms in total. The topological polar surface area (TPSA) is 79.0 Å². The van der Waals surface area contributed by atoms with Gasteiger partial charge < -0.3 is 0 Å². The third-order valence-electron chi connectivity index (χ3n) is 5.00. The third kappa shape index (κ3) is 2.87. The van der Waals surface area contributed by atoms with E-state index in [2.05, 4.69) is 11.2 Å². The minimum absolute atomic E-state index is 0.261. The van der Waals surface area contributed by atoms with E-state index in [4.69, 9.17) is 5.26 Å². The normalized spacial score (nSPS) is 14.1. The second-order valence-corrected chi connectivity index (χ2v) is 6.94. The van der Waals surface area contributed by atoms with Crippen molar-refractivity contribution in [3.8, 4) is 17.3 Å². The molecule has 1 aromatic heterocycles. The lowest BCUT2D eigenvalue weighted by atomic mass is 10.0. The zero-order valence-corrected chi connectivity index (χ0v) is 15.6. The van der Waals surface area contributed by atoms with E-state index >= 15 is 0 Å². The van der Waals surface area contributed by atoms with Crippen LogP contribution in [0.1, 0.15) is 38.8 Å². The van der Waals surface area contributed by atoms with Gasteiger partial charge >= 0.3 is 0 Å². The second kappa shape index (κ2) is 6.78. The van der Waals surface area contributed by atoms with Crippen molar-refractivity contribution < 1.29 is 9.59 Å². The van der Waals surface area contributed by atoms with Crippen molar-refractivity contribution in [3.63, 3.8) is 0 Å². The van der Waals surface area contributed by atoms with Gasteiger partial charge in [0.15, 0.2) is 0 Å². The Kier molecular flexibility index (Phi) is 4.28. The molecule has 0 spiro atoms. The van der Waals surface area contributed by atoms with Gasteiger partial charge in [0.25, 0.3) is 11.8 Å². The fourth-order valence-electron chi connectivity index (χ4n) is 3.53. The van der Waals surface area contributed by atoms with Gasteiger partial charge in [0.05, 0.1) is 41.0 Å². The maximum atomic E-state index is 12.6. The molecule has 0 aliphatic carbocycles. The Labute approximate surface area is 162 Å². The van der Waals surface area contributed by atoms with Gasteiger partial charge in [0.2, 0.25) is 0 Å². The number of carbonyl (C=O) groups is 2. The molecule has 3 aromatic rings. The van der Waals surface area contributed by atoms with E-state index in [1.165, 1.54) is 4.90 Å². The van der Waals surface area contributed by atoms with E-state index in [1.54, 1.807) is 35.0 Å². The number of hydrogen-bond donors (Lipinski definition) is 0. The number of nitrogens with zero attached hydrogens (tertiary/aromatic N) is 4. The maximum Gasteiger partial charge on any atom is 0.261 e. The average Bonchev–Trinajstić information content (AvgIpc) is 3.25. The smallest absolute Gasteiger partial charge is 0.261 e. The highest BCUT2D eigenvalue weighted by atomic mass is 16.2. The number of hydrogen-bond acceptors (Lipinski definition) is 4. The largest absolute Gasteiger partial charge is 0.270 e. The van der Waals surface area contributed by atoms with Crippen LogP contribution in [-0.2, 0) is 6.54 Å². The summed E-state index contributed by atoms with van der Waals surface area (Å²) in [7, 11) is 0. The first-order chi connectivity index (χ1) is 13.5. The van der Waals surface area contributed by atoms with Crippen LogP contribution in [0.15, 0.2) is 54.7 Å². The van der Waals surface area contributed by atoms with Gasteiger partial charge in [-0.05, 0) is 49.7 Å². The van der Waals surface area contributed by atoms with Crippen LogP contribution < -0.4 is 0 Å². The van der Waals surface area contributed by atoms with Crippen LogP contribution in [0.25, 0.3) is 11.3 Å². The number of amides is 2. The molecule has 6 heteroatoms. The summed E-state index contributed by atoms with van der Waals surface area (Å²) < 4.78 is 1.73. The highest BCUT2D eigenvalue weighted by Gasteiger charge is 2.38. The van der Waals surface area contributed by atoms with Crippen molar-refractivity contribution in [1.29, 1.82) is 5.26 Å². The molecular weight excluding hydrogens is 352 g/mol. The van der Waals surface area contributed by atoms with Gasteiger partial charge in [-0.3, -0.25) is 19.2 Å². The Morgan fingerprint density at radius 3 is 2.36 bits per heavy atom. The van der Waals surface area contributed by atoms with Crippen LogP contribution in [0.5, 0.6) is 0 Å². The summed E-state index contributed by atoms with van der Waals surface area (Å²) in [5, 5.41) is 13.6. The summed E-state index contributed by atoms with van der Waals surface area (Å²) in [4.78, 5) is 26.5. The molecule has 1 atom stereocenters. The first-order valence-corrected chi connectivity index (χ1v) is 9.01. The zero-order chi connectivity index (χ0) is 19.8. The Hall–Kier alpha value is -3.72. The van der Waals surface area contributed by atoms with E-state index in [0.29, 0.717) is 23.2 Å². The molecule has 2 aromatic carbocycles. The molecule has 0 fully saturated rings. The number of aromatic nitrogens is 2. The summed E-state index contributed by atoms with van der Waals surface area (Å²) in [5.74, 6) is -0.522. The summed E-state index contributed by atoms with van der Waals surface area (Å²) in [6.45, 7) is 4.14. The van der Waals surface area contributed by atoms with E-state index < -0.39 is 0 Å². The first-order valence-electron chi connectivity index (χ1n) is 9.01. The summed E-state index contributed by atoms with van der Waals surface area (Å²) in [5.41, 5.74) is 4.14. The van der Waals surface area contributed by atoms with E-state index in [0.717, 1.165) is 16.8 Å². The molecule has 0 radical (unpaired) electrons. The molecule has 0 bridgehead atoms. The molecule has 1 aliphatic heterocycles. The van der Waals surface area contributed by atoms with E-state index in [1.807, 2.05) is 38.2 Å². The van der Waals surface area contributed by atoms with Crippen molar-refractivity contribution in [2.45, 2.75) is 26.4 Å². The fourth-order valence-corrected chi connectivity index (χ4v) is 3.53. The highest BCUT2D eigenvalue weighted by molar-refractivity contribution is 6.21. The van der Waals surface area contributed by atoms with Gasteiger partial charge in [-0.1, -0.05) is 18.2 Å². The van der Waals surface area contributed by atoms with E-state index in [-0.39, 0.29) is 17.9 Å². The third-order valence-corrected chi connectivity index (χ3v) is 5.00. The van der Waals surface area contributed by atoms with Crippen molar-refractivity contribution in [2.24, 2.45) is 0 Å². The second-order valence-electron chi connectivity index (χ2n) is 6.94. The number of imide groups is 1. The molecule has 0 saturated heterocycles. The lowest BCUT2D eigenvalue weighted by Gasteiger charge is -2.22. The van der Waals surface area contributed by atoms with Gasteiger partial charge in [0.1, 0.15) is 0 Å². The lowest BCUT2D eigenvalue weighted by molar-refractivity contribution is 0.0581. The Balaban J connectivity index is 1.53. The SMILES string of the molecule is Cc1cc(-c2ccn(C[C@@H](C)N3C(=O)c4ccccc4C3=O)n2)ccc1C#N. The summed E-state index contributed by atoms with van der Waals surface area (Å²) >= 11 is 0. The van der Waals surface area contributed by atoms with Crippen molar-refractivity contribution in [1.82, 2.24) is 14.7 Å². The Bertz CT molecular complexity index is 1100. The van der Waals surface area contributed by atoms with Crippen LogP contribution in [0.4, 0.5) is 0 Å². The van der Waals surface area contributed by atoms with Crippen molar-refractivity contribution in [3.05, 3.63) is 77.0 Å². The summed E-state index contributed by atoms with van der Waals surface area (Å²) in [6, 6.07) is 16.2. The number of benzene rings is 2.